The van der Waals surface area contributed by atoms with E-state index in [1.807, 2.05) is 31.2 Å². The summed E-state index contributed by atoms with van der Waals surface area (Å²) in [6, 6.07) is 21.2. The molecule has 152 valence electrons. The second-order valence-electron chi connectivity index (χ2n) is 6.32. The third-order valence-corrected chi connectivity index (χ3v) is 4.50. The summed E-state index contributed by atoms with van der Waals surface area (Å²) in [4.78, 5) is 24.0. The van der Waals surface area contributed by atoms with Crippen LogP contribution in [0.1, 0.15) is 21.5 Å². The number of amides is 1. The zero-order valence-corrected chi connectivity index (χ0v) is 17.8. The Labute approximate surface area is 182 Å². The standard InChI is InChI=1S/C23H19BrN2O4/c1-16-5-2-3-8-21(16)29-15-22(27)26-25-14-17-9-11-20(12-10-17)30-23(28)18-6-4-7-19(24)13-18/h2-14H,15H2,1H3,(H,26,27). The van der Waals surface area contributed by atoms with Crippen molar-refractivity contribution in [1.82, 2.24) is 5.43 Å². The maximum Gasteiger partial charge on any atom is 0.343 e. The fourth-order valence-corrected chi connectivity index (χ4v) is 2.88. The molecule has 0 spiro atoms. The van der Waals surface area contributed by atoms with Crippen LogP contribution >= 0.6 is 15.9 Å². The summed E-state index contributed by atoms with van der Waals surface area (Å²) in [6.45, 7) is 1.78. The van der Waals surface area contributed by atoms with Crippen LogP contribution in [0.15, 0.2) is 82.4 Å². The minimum Gasteiger partial charge on any atom is -0.483 e. The third-order valence-electron chi connectivity index (χ3n) is 4.01. The highest BCUT2D eigenvalue weighted by Crippen LogP contribution is 2.17. The molecule has 3 rings (SSSR count). The number of benzene rings is 3. The number of aryl methyl sites for hydroxylation is 1. The van der Waals surface area contributed by atoms with Gasteiger partial charge >= 0.3 is 5.97 Å². The number of hydrazone groups is 1. The second-order valence-corrected chi connectivity index (χ2v) is 7.23. The van der Waals surface area contributed by atoms with E-state index in [1.54, 1.807) is 48.5 Å². The summed E-state index contributed by atoms with van der Waals surface area (Å²) in [7, 11) is 0. The van der Waals surface area contributed by atoms with E-state index < -0.39 is 5.97 Å². The smallest absolute Gasteiger partial charge is 0.343 e. The van der Waals surface area contributed by atoms with Gasteiger partial charge in [0.25, 0.3) is 5.91 Å². The summed E-state index contributed by atoms with van der Waals surface area (Å²) in [5.41, 5.74) is 4.55. The van der Waals surface area contributed by atoms with E-state index in [0.717, 1.165) is 15.6 Å². The summed E-state index contributed by atoms with van der Waals surface area (Å²) in [5, 5.41) is 3.91. The molecular formula is C23H19BrN2O4. The number of hydrogen-bond donors (Lipinski definition) is 1. The molecule has 30 heavy (non-hydrogen) atoms. The average molecular weight is 467 g/mol. The monoisotopic (exact) mass is 466 g/mol. The number of nitrogens with zero attached hydrogens (tertiary/aromatic N) is 1. The molecule has 1 amide bonds. The quantitative estimate of drug-likeness (QED) is 0.240. The van der Waals surface area contributed by atoms with Crippen LogP contribution in [-0.2, 0) is 4.79 Å². The molecule has 0 unspecified atom stereocenters. The molecule has 3 aromatic carbocycles. The normalized spacial score (nSPS) is 10.6. The molecular weight excluding hydrogens is 448 g/mol. The number of carbonyl (C=O) groups excluding carboxylic acids is 2. The SMILES string of the molecule is Cc1ccccc1OCC(=O)NN=Cc1ccc(OC(=O)c2cccc(Br)c2)cc1. The summed E-state index contributed by atoms with van der Waals surface area (Å²) >= 11 is 3.32. The first kappa shape index (κ1) is 21.3. The average Bonchev–Trinajstić information content (AvgIpc) is 2.74. The molecule has 1 N–H and O–H groups in total. The van der Waals surface area contributed by atoms with Crippen molar-refractivity contribution in [3.63, 3.8) is 0 Å². The third kappa shape index (κ3) is 6.28. The first-order chi connectivity index (χ1) is 14.5. The molecule has 0 radical (unpaired) electrons. The highest BCUT2D eigenvalue weighted by atomic mass is 79.9. The van der Waals surface area contributed by atoms with Crippen molar-refractivity contribution in [2.75, 3.05) is 6.61 Å². The zero-order valence-electron chi connectivity index (χ0n) is 16.2. The van der Waals surface area contributed by atoms with E-state index in [0.29, 0.717) is 17.1 Å². The largest absolute Gasteiger partial charge is 0.483 e. The maximum atomic E-state index is 12.2. The lowest BCUT2D eigenvalue weighted by atomic mass is 10.2. The molecule has 7 heteroatoms. The van der Waals surface area contributed by atoms with Crippen LogP contribution in [0.25, 0.3) is 0 Å². The van der Waals surface area contributed by atoms with Crippen molar-refractivity contribution >= 4 is 34.0 Å². The molecule has 3 aromatic rings. The molecule has 0 atom stereocenters. The molecule has 0 saturated heterocycles. The lowest BCUT2D eigenvalue weighted by Crippen LogP contribution is -2.24. The predicted molar refractivity (Wildman–Crippen MR) is 118 cm³/mol. The maximum absolute atomic E-state index is 12.2. The zero-order chi connectivity index (χ0) is 21.3. The van der Waals surface area contributed by atoms with E-state index in [-0.39, 0.29) is 12.5 Å². The van der Waals surface area contributed by atoms with Crippen molar-refractivity contribution in [2.45, 2.75) is 6.92 Å². The molecule has 0 aromatic heterocycles. The van der Waals surface area contributed by atoms with Gasteiger partial charge in [-0.15, -0.1) is 0 Å². The van der Waals surface area contributed by atoms with Gasteiger partial charge in [-0.1, -0.05) is 40.2 Å². The Balaban J connectivity index is 1.48. The van der Waals surface area contributed by atoms with Gasteiger partial charge in [-0.3, -0.25) is 4.79 Å². The highest BCUT2D eigenvalue weighted by Gasteiger charge is 2.08. The molecule has 0 fully saturated rings. The number of rotatable bonds is 7. The number of esters is 1. The molecule has 0 aliphatic rings. The Kier molecular flexibility index (Phi) is 7.34. The van der Waals surface area contributed by atoms with Gasteiger partial charge in [-0.2, -0.15) is 5.10 Å². The lowest BCUT2D eigenvalue weighted by molar-refractivity contribution is -0.123. The van der Waals surface area contributed by atoms with E-state index >= 15 is 0 Å². The van der Waals surface area contributed by atoms with E-state index in [9.17, 15) is 9.59 Å². The molecule has 0 aliphatic carbocycles. The Morgan fingerprint density at radius 3 is 2.53 bits per heavy atom. The van der Waals surface area contributed by atoms with Gasteiger partial charge in [0.1, 0.15) is 11.5 Å². The number of hydrogen-bond acceptors (Lipinski definition) is 5. The number of nitrogens with one attached hydrogen (secondary N) is 1. The number of carbonyl (C=O) groups is 2. The Hall–Kier alpha value is -3.45. The van der Waals surface area contributed by atoms with Gasteiger partial charge in [-0.05, 0) is 66.6 Å². The molecule has 6 nitrogen and oxygen atoms in total. The minimum absolute atomic E-state index is 0.132. The van der Waals surface area contributed by atoms with Gasteiger partial charge in [0, 0.05) is 4.47 Å². The predicted octanol–water partition coefficient (Wildman–Crippen LogP) is 4.51. The Morgan fingerprint density at radius 1 is 1.03 bits per heavy atom. The second kappa shape index (κ2) is 10.4. The Bertz CT molecular complexity index is 1060. The van der Waals surface area contributed by atoms with Gasteiger partial charge in [0.05, 0.1) is 11.8 Å². The van der Waals surface area contributed by atoms with E-state index in [4.69, 9.17) is 9.47 Å². The van der Waals surface area contributed by atoms with Gasteiger partial charge in [-0.25, -0.2) is 10.2 Å². The first-order valence-electron chi connectivity index (χ1n) is 9.09. The van der Waals surface area contributed by atoms with Crippen molar-refractivity contribution in [3.05, 3.63) is 94.0 Å². The van der Waals surface area contributed by atoms with Crippen LogP contribution in [0.5, 0.6) is 11.5 Å². The van der Waals surface area contributed by atoms with Crippen molar-refractivity contribution in [2.24, 2.45) is 5.10 Å². The van der Waals surface area contributed by atoms with Crippen LogP contribution in [0.4, 0.5) is 0 Å². The fraction of sp³-hybridized carbons (Fsp3) is 0.0870. The summed E-state index contributed by atoms with van der Waals surface area (Å²) < 4.78 is 11.6. The van der Waals surface area contributed by atoms with Crippen LogP contribution in [-0.4, -0.2) is 24.7 Å². The summed E-state index contributed by atoms with van der Waals surface area (Å²) in [5.74, 6) is 0.255. The molecule has 0 bridgehead atoms. The van der Waals surface area contributed by atoms with Gasteiger partial charge in [0.2, 0.25) is 0 Å². The van der Waals surface area contributed by atoms with Crippen LogP contribution in [0.3, 0.4) is 0 Å². The molecule has 0 aliphatic heterocycles. The van der Waals surface area contributed by atoms with E-state index in [2.05, 4.69) is 26.5 Å². The fourth-order valence-electron chi connectivity index (χ4n) is 2.48. The van der Waals surface area contributed by atoms with Crippen LogP contribution < -0.4 is 14.9 Å². The van der Waals surface area contributed by atoms with Crippen LogP contribution in [0, 0.1) is 6.92 Å². The number of ether oxygens (including phenoxy) is 2. The van der Waals surface area contributed by atoms with Gasteiger partial charge in [0.15, 0.2) is 6.61 Å². The summed E-state index contributed by atoms with van der Waals surface area (Å²) in [6.07, 6.45) is 1.49. The van der Waals surface area contributed by atoms with Crippen molar-refractivity contribution in [3.8, 4) is 11.5 Å². The van der Waals surface area contributed by atoms with Gasteiger partial charge < -0.3 is 9.47 Å². The number of para-hydroxylation sites is 1. The minimum atomic E-state index is -0.446. The van der Waals surface area contributed by atoms with Crippen molar-refractivity contribution < 1.29 is 19.1 Å². The molecule has 0 saturated carbocycles. The number of halogens is 1. The van der Waals surface area contributed by atoms with Crippen molar-refractivity contribution in [1.29, 1.82) is 0 Å². The Morgan fingerprint density at radius 2 is 1.80 bits per heavy atom. The topological polar surface area (TPSA) is 77.0 Å². The first-order valence-corrected chi connectivity index (χ1v) is 9.89. The highest BCUT2D eigenvalue weighted by molar-refractivity contribution is 9.10. The van der Waals surface area contributed by atoms with Crippen LogP contribution in [0.2, 0.25) is 0 Å². The lowest BCUT2D eigenvalue weighted by Gasteiger charge is -2.07. The molecule has 0 heterocycles. The van der Waals surface area contributed by atoms with E-state index in [1.165, 1.54) is 6.21 Å².